The fourth-order valence-electron chi connectivity index (χ4n) is 2.75. The first-order valence-electron chi connectivity index (χ1n) is 7.29. The molecule has 2 nitrogen and oxygen atoms in total. The summed E-state index contributed by atoms with van der Waals surface area (Å²) in [5.74, 6) is 0. The first-order valence-corrected chi connectivity index (χ1v) is 8.11. The van der Waals surface area contributed by atoms with E-state index in [1.54, 1.807) is 0 Å². The van der Waals surface area contributed by atoms with Gasteiger partial charge in [-0.2, -0.15) is 0 Å². The molecule has 0 aromatic heterocycles. The molecular weight excluding hydrogens is 284 g/mol. The second-order valence-corrected chi connectivity index (χ2v) is 6.95. The largest absolute Gasteiger partial charge is 0.384 e. The van der Waals surface area contributed by atoms with Gasteiger partial charge in [-0.05, 0) is 52.7 Å². The second kappa shape index (κ2) is 8.53. The summed E-state index contributed by atoms with van der Waals surface area (Å²) >= 11 is 10.3. The lowest BCUT2D eigenvalue weighted by molar-refractivity contribution is 0.313. The number of rotatable bonds is 6. The average Bonchev–Trinajstić information content (AvgIpc) is 2.29. The molecule has 0 spiro atoms. The summed E-state index contributed by atoms with van der Waals surface area (Å²) in [6.45, 7) is 8.08. The van der Waals surface area contributed by atoms with E-state index in [2.05, 4.69) is 24.5 Å². The topological polar surface area (TPSA) is 24.1 Å². The van der Waals surface area contributed by atoms with Gasteiger partial charge in [-0.25, -0.2) is 0 Å². The van der Waals surface area contributed by atoms with Crippen LogP contribution in [-0.2, 0) is 0 Å². The summed E-state index contributed by atoms with van der Waals surface area (Å²) in [5.41, 5.74) is 2.31. The standard InChI is InChI=1S/C16H26N2S2/c1-11(9-13(3)19)17-15-7-5-6-8-16(15)18-12(2)10-14(4)20/h9-10,15-18H,5-8H2,1-4H3/b11-9+,12-10+. The lowest BCUT2D eigenvalue weighted by Gasteiger charge is -2.34. The second-order valence-electron chi connectivity index (χ2n) is 5.66. The summed E-state index contributed by atoms with van der Waals surface area (Å²) in [5, 5.41) is 7.22. The third kappa shape index (κ3) is 6.62. The van der Waals surface area contributed by atoms with Crippen molar-refractivity contribution < 1.29 is 0 Å². The number of thiocarbonyl (C=S) groups is 2. The molecule has 1 fully saturated rings. The van der Waals surface area contributed by atoms with E-state index < -0.39 is 0 Å². The molecule has 4 heteroatoms. The highest BCUT2D eigenvalue weighted by Crippen LogP contribution is 2.20. The predicted octanol–water partition coefficient (Wildman–Crippen LogP) is 4.06. The Labute approximate surface area is 134 Å². The Bertz CT molecular complexity index is 384. The van der Waals surface area contributed by atoms with Gasteiger partial charge in [0.25, 0.3) is 0 Å². The van der Waals surface area contributed by atoms with Gasteiger partial charge < -0.3 is 10.6 Å². The molecule has 20 heavy (non-hydrogen) atoms. The van der Waals surface area contributed by atoms with Crippen molar-refractivity contribution in [2.24, 2.45) is 0 Å². The highest BCUT2D eigenvalue weighted by atomic mass is 32.1. The molecule has 1 rings (SSSR count). The molecule has 2 unspecified atom stereocenters. The van der Waals surface area contributed by atoms with Crippen LogP contribution in [0.15, 0.2) is 23.5 Å². The zero-order valence-corrected chi connectivity index (χ0v) is 14.6. The highest BCUT2D eigenvalue weighted by molar-refractivity contribution is 7.80. The molecule has 0 heterocycles. The number of hydrogen-bond acceptors (Lipinski definition) is 4. The molecule has 0 bridgehead atoms. The molecule has 0 amide bonds. The van der Waals surface area contributed by atoms with Gasteiger partial charge in [0.2, 0.25) is 0 Å². The average molecular weight is 311 g/mol. The van der Waals surface area contributed by atoms with E-state index >= 15 is 0 Å². The fraction of sp³-hybridized carbons (Fsp3) is 0.625. The van der Waals surface area contributed by atoms with Crippen molar-refractivity contribution >= 4 is 34.2 Å². The Hall–Kier alpha value is -0.740. The van der Waals surface area contributed by atoms with Crippen molar-refractivity contribution in [3.63, 3.8) is 0 Å². The monoisotopic (exact) mass is 310 g/mol. The smallest absolute Gasteiger partial charge is 0.0459 e. The minimum atomic E-state index is 0.461. The van der Waals surface area contributed by atoms with Gasteiger partial charge in [-0.3, -0.25) is 0 Å². The molecule has 2 atom stereocenters. The van der Waals surface area contributed by atoms with Crippen LogP contribution >= 0.6 is 24.4 Å². The summed E-state index contributed by atoms with van der Waals surface area (Å²) in [6.07, 6.45) is 9.03. The van der Waals surface area contributed by atoms with Crippen LogP contribution < -0.4 is 10.6 Å². The fourth-order valence-corrected chi connectivity index (χ4v) is 3.11. The van der Waals surface area contributed by atoms with E-state index in [0.29, 0.717) is 12.1 Å². The third-order valence-corrected chi connectivity index (χ3v) is 3.67. The summed E-state index contributed by atoms with van der Waals surface area (Å²) in [6, 6.07) is 0.922. The van der Waals surface area contributed by atoms with Crippen LogP contribution in [0.25, 0.3) is 0 Å². The van der Waals surface area contributed by atoms with Crippen LogP contribution in [0, 0.1) is 0 Å². The Morgan fingerprint density at radius 1 is 0.800 bits per heavy atom. The molecule has 112 valence electrons. The molecule has 0 aliphatic heterocycles. The van der Waals surface area contributed by atoms with E-state index in [0.717, 1.165) is 21.1 Å². The van der Waals surface area contributed by atoms with Gasteiger partial charge in [0.1, 0.15) is 0 Å². The molecule has 1 saturated carbocycles. The summed E-state index contributed by atoms with van der Waals surface area (Å²) in [4.78, 5) is 1.84. The van der Waals surface area contributed by atoms with Crippen LogP contribution in [0.4, 0.5) is 0 Å². The minimum absolute atomic E-state index is 0.461. The van der Waals surface area contributed by atoms with Crippen molar-refractivity contribution in [1.29, 1.82) is 0 Å². The van der Waals surface area contributed by atoms with Gasteiger partial charge in [-0.1, -0.05) is 37.3 Å². The van der Waals surface area contributed by atoms with Gasteiger partial charge in [-0.15, -0.1) is 0 Å². The first-order chi connectivity index (χ1) is 9.38. The van der Waals surface area contributed by atoms with E-state index in [-0.39, 0.29) is 0 Å². The van der Waals surface area contributed by atoms with Crippen LogP contribution in [0.1, 0.15) is 53.4 Å². The Morgan fingerprint density at radius 3 is 1.45 bits per heavy atom. The maximum absolute atomic E-state index is 5.13. The lowest BCUT2D eigenvalue weighted by atomic mass is 9.90. The molecule has 0 radical (unpaired) electrons. The van der Waals surface area contributed by atoms with Crippen molar-refractivity contribution in [1.82, 2.24) is 10.6 Å². The Balaban J connectivity index is 2.67. The lowest BCUT2D eigenvalue weighted by Crippen LogP contribution is -2.48. The highest BCUT2D eigenvalue weighted by Gasteiger charge is 2.24. The Morgan fingerprint density at radius 2 is 1.15 bits per heavy atom. The number of nitrogens with one attached hydrogen (secondary N) is 2. The van der Waals surface area contributed by atoms with Crippen LogP contribution in [0.2, 0.25) is 0 Å². The van der Waals surface area contributed by atoms with Crippen molar-refractivity contribution in [3.05, 3.63) is 23.5 Å². The van der Waals surface area contributed by atoms with E-state index in [1.807, 2.05) is 26.0 Å². The molecule has 1 aliphatic rings. The zero-order chi connectivity index (χ0) is 15.1. The van der Waals surface area contributed by atoms with E-state index in [1.165, 1.54) is 25.7 Å². The quantitative estimate of drug-likeness (QED) is 0.570. The van der Waals surface area contributed by atoms with Crippen molar-refractivity contribution in [2.45, 2.75) is 65.5 Å². The van der Waals surface area contributed by atoms with Gasteiger partial charge in [0, 0.05) is 33.2 Å². The van der Waals surface area contributed by atoms with Gasteiger partial charge in [0.05, 0.1) is 0 Å². The summed E-state index contributed by atoms with van der Waals surface area (Å²) < 4.78 is 0. The van der Waals surface area contributed by atoms with Gasteiger partial charge >= 0.3 is 0 Å². The molecular formula is C16H26N2S2. The van der Waals surface area contributed by atoms with Crippen molar-refractivity contribution in [2.75, 3.05) is 0 Å². The molecule has 1 aliphatic carbocycles. The van der Waals surface area contributed by atoms with Crippen LogP contribution in [-0.4, -0.2) is 21.8 Å². The Kier molecular flexibility index (Phi) is 7.38. The number of allylic oxidation sites excluding steroid dienone is 4. The van der Waals surface area contributed by atoms with Crippen LogP contribution in [0.5, 0.6) is 0 Å². The summed E-state index contributed by atoms with van der Waals surface area (Å²) in [7, 11) is 0. The maximum atomic E-state index is 5.13. The normalized spacial score (nSPS) is 24.2. The van der Waals surface area contributed by atoms with Gasteiger partial charge in [0.15, 0.2) is 0 Å². The minimum Gasteiger partial charge on any atom is -0.384 e. The molecule has 0 aromatic rings. The van der Waals surface area contributed by atoms with E-state index in [9.17, 15) is 0 Å². The third-order valence-electron chi connectivity index (χ3n) is 3.43. The SMILES string of the molecule is CC(=S)/C=C(\C)NC1CCCCC1N/C(C)=C/C(C)=S. The molecule has 0 saturated heterocycles. The molecule has 2 N–H and O–H groups in total. The maximum Gasteiger partial charge on any atom is 0.0459 e. The molecule has 0 aromatic carbocycles. The predicted molar refractivity (Wildman–Crippen MR) is 96.4 cm³/mol. The van der Waals surface area contributed by atoms with Crippen LogP contribution in [0.3, 0.4) is 0 Å². The zero-order valence-electron chi connectivity index (χ0n) is 13.0. The first kappa shape index (κ1) is 17.3. The van der Waals surface area contributed by atoms with E-state index in [4.69, 9.17) is 24.4 Å². The van der Waals surface area contributed by atoms with Crippen molar-refractivity contribution in [3.8, 4) is 0 Å². The number of hydrogen-bond donors (Lipinski definition) is 2.